The third-order valence-electron chi connectivity index (χ3n) is 2.41. The zero-order valence-corrected chi connectivity index (χ0v) is 12.8. The summed E-state index contributed by atoms with van der Waals surface area (Å²) in [6.45, 7) is 1.65. The molecule has 0 radical (unpaired) electrons. The van der Waals surface area contributed by atoms with Gasteiger partial charge in [0.1, 0.15) is 29.0 Å². The molecule has 0 amide bonds. The molecule has 0 aliphatic rings. The molecule has 0 atom stereocenters. The summed E-state index contributed by atoms with van der Waals surface area (Å²) in [6, 6.07) is 7.10. The SMILES string of the molecule is COc1cc(C=C(O)C=C(C#N)NC(C)=S)cc(OC)c1. The second kappa shape index (κ2) is 7.92. The lowest BCUT2D eigenvalue weighted by Gasteiger charge is -2.06. The topological polar surface area (TPSA) is 74.5 Å². The number of allylic oxidation sites excluding steroid dienone is 2. The molecular weight excluding hydrogens is 288 g/mol. The largest absolute Gasteiger partial charge is 0.508 e. The summed E-state index contributed by atoms with van der Waals surface area (Å²) < 4.78 is 10.3. The maximum atomic E-state index is 9.91. The highest BCUT2D eigenvalue weighted by Crippen LogP contribution is 2.24. The lowest BCUT2D eigenvalue weighted by Crippen LogP contribution is -2.16. The Labute approximate surface area is 129 Å². The molecule has 0 bridgehead atoms. The molecule has 110 valence electrons. The van der Waals surface area contributed by atoms with Crippen LogP contribution < -0.4 is 14.8 Å². The summed E-state index contributed by atoms with van der Waals surface area (Å²) in [5.74, 6) is 1.11. The molecule has 1 aromatic carbocycles. The molecule has 0 unspecified atom stereocenters. The summed E-state index contributed by atoms with van der Waals surface area (Å²) in [6.07, 6.45) is 2.78. The van der Waals surface area contributed by atoms with Crippen LogP contribution in [0.3, 0.4) is 0 Å². The molecule has 0 heterocycles. The van der Waals surface area contributed by atoms with E-state index < -0.39 is 0 Å². The van der Waals surface area contributed by atoms with Gasteiger partial charge in [0, 0.05) is 12.1 Å². The van der Waals surface area contributed by atoms with Crippen molar-refractivity contribution in [1.82, 2.24) is 5.32 Å². The normalized spacial score (nSPS) is 11.5. The van der Waals surface area contributed by atoms with Crippen molar-refractivity contribution in [2.24, 2.45) is 0 Å². The van der Waals surface area contributed by atoms with E-state index in [4.69, 9.17) is 27.0 Å². The van der Waals surface area contributed by atoms with Gasteiger partial charge in [-0.2, -0.15) is 5.26 Å². The van der Waals surface area contributed by atoms with Gasteiger partial charge in [-0.3, -0.25) is 0 Å². The summed E-state index contributed by atoms with van der Waals surface area (Å²) in [4.78, 5) is 0.443. The van der Waals surface area contributed by atoms with Crippen molar-refractivity contribution in [2.75, 3.05) is 14.2 Å². The molecular formula is C15H16N2O3S. The molecule has 2 N–H and O–H groups in total. The highest BCUT2D eigenvalue weighted by molar-refractivity contribution is 7.80. The Morgan fingerprint density at radius 2 is 1.86 bits per heavy atom. The minimum absolute atomic E-state index is 0.0920. The van der Waals surface area contributed by atoms with Gasteiger partial charge in [0.25, 0.3) is 0 Å². The number of nitriles is 1. The molecule has 1 aromatic rings. The number of benzene rings is 1. The number of ether oxygens (including phenoxy) is 2. The van der Waals surface area contributed by atoms with Crippen molar-refractivity contribution in [3.05, 3.63) is 41.3 Å². The molecule has 0 saturated carbocycles. The molecule has 0 aliphatic heterocycles. The van der Waals surface area contributed by atoms with Crippen LogP contribution in [0.1, 0.15) is 12.5 Å². The van der Waals surface area contributed by atoms with Crippen LogP contribution in [-0.2, 0) is 0 Å². The number of rotatable bonds is 5. The van der Waals surface area contributed by atoms with Crippen molar-refractivity contribution in [1.29, 1.82) is 5.26 Å². The van der Waals surface area contributed by atoms with E-state index in [0.29, 0.717) is 22.1 Å². The Morgan fingerprint density at radius 3 is 2.29 bits per heavy atom. The predicted molar refractivity (Wildman–Crippen MR) is 85.3 cm³/mol. The molecule has 0 saturated heterocycles. The van der Waals surface area contributed by atoms with E-state index in [0.717, 1.165) is 0 Å². The van der Waals surface area contributed by atoms with E-state index in [1.165, 1.54) is 12.2 Å². The van der Waals surface area contributed by atoms with Gasteiger partial charge in [-0.15, -0.1) is 0 Å². The number of methoxy groups -OCH3 is 2. The third-order valence-corrected chi connectivity index (χ3v) is 2.51. The minimum atomic E-state index is -0.0920. The van der Waals surface area contributed by atoms with Gasteiger partial charge in [-0.25, -0.2) is 0 Å². The van der Waals surface area contributed by atoms with Crippen LogP contribution in [0.5, 0.6) is 11.5 Å². The standard InChI is InChI=1S/C15H16N2O3S/c1-10(21)17-12(9-16)7-13(18)4-11-5-14(19-2)8-15(6-11)20-3/h4-8,18H,1-3H3,(H,17,21). The van der Waals surface area contributed by atoms with Gasteiger partial charge >= 0.3 is 0 Å². The molecule has 0 spiro atoms. The molecule has 21 heavy (non-hydrogen) atoms. The Bertz CT molecular complexity index is 608. The first kappa shape index (κ1) is 16.5. The maximum absolute atomic E-state index is 9.91. The number of hydrogen-bond acceptors (Lipinski definition) is 5. The van der Waals surface area contributed by atoms with Gasteiger partial charge < -0.3 is 19.9 Å². The van der Waals surface area contributed by atoms with Gasteiger partial charge in [0.2, 0.25) is 0 Å². The Kier molecular flexibility index (Phi) is 6.24. The summed E-state index contributed by atoms with van der Waals surface area (Å²) in [5.41, 5.74) is 0.836. The highest BCUT2D eigenvalue weighted by Gasteiger charge is 2.02. The van der Waals surface area contributed by atoms with Crippen LogP contribution >= 0.6 is 12.2 Å². The number of thiocarbonyl (C=S) groups is 1. The predicted octanol–water partition coefficient (Wildman–Crippen LogP) is 2.95. The van der Waals surface area contributed by atoms with Crippen molar-refractivity contribution in [3.8, 4) is 17.6 Å². The van der Waals surface area contributed by atoms with Crippen LogP contribution in [0.25, 0.3) is 6.08 Å². The van der Waals surface area contributed by atoms with Gasteiger partial charge in [-0.1, -0.05) is 12.2 Å². The Balaban J connectivity index is 3.09. The summed E-state index contributed by atoms with van der Waals surface area (Å²) >= 11 is 4.85. The fourth-order valence-electron chi connectivity index (χ4n) is 1.56. The van der Waals surface area contributed by atoms with E-state index in [9.17, 15) is 5.11 Å². The van der Waals surface area contributed by atoms with E-state index in [2.05, 4.69) is 5.32 Å². The smallest absolute Gasteiger partial charge is 0.123 e. The third kappa shape index (κ3) is 5.55. The summed E-state index contributed by atoms with van der Waals surface area (Å²) in [5, 5.41) is 21.5. The van der Waals surface area contributed by atoms with E-state index in [1.807, 2.05) is 6.07 Å². The second-order valence-electron chi connectivity index (χ2n) is 4.07. The number of aliphatic hydroxyl groups is 1. The fourth-order valence-corrected chi connectivity index (χ4v) is 1.67. The first-order valence-corrected chi connectivity index (χ1v) is 6.42. The van der Waals surface area contributed by atoms with E-state index >= 15 is 0 Å². The average molecular weight is 304 g/mol. The number of hydrogen-bond donors (Lipinski definition) is 2. The van der Waals surface area contributed by atoms with E-state index in [1.54, 1.807) is 39.3 Å². The van der Waals surface area contributed by atoms with Gasteiger partial charge in [-0.05, 0) is 30.7 Å². The number of aliphatic hydroxyl groups excluding tert-OH is 1. The molecule has 0 aromatic heterocycles. The van der Waals surface area contributed by atoms with Crippen LogP contribution in [0.2, 0.25) is 0 Å². The lowest BCUT2D eigenvalue weighted by atomic mass is 10.1. The Hall–Kier alpha value is -2.52. The lowest BCUT2D eigenvalue weighted by molar-refractivity contribution is 0.394. The van der Waals surface area contributed by atoms with Crippen molar-refractivity contribution < 1.29 is 14.6 Å². The monoisotopic (exact) mass is 304 g/mol. The number of nitrogens with zero attached hydrogens (tertiary/aromatic N) is 1. The van der Waals surface area contributed by atoms with Gasteiger partial charge in [0.15, 0.2) is 0 Å². The van der Waals surface area contributed by atoms with Crippen molar-refractivity contribution in [2.45, 2.75) is 6.92 Å². The van der Waals surface area contributed by atoms with Crippen molar-refractivity contribution >= 4 is 23.3 Å². The molecule has 5 nitrogen and oxygen atoms in total. The van der Waals surface area contributed by atoms with Gasteiger partial charge in [0.05, 0.1) is 19.2 Å². The van der Waals surface area contributed by atoms with Crippen LogP contribution in [0.4, 0.5) is 0 Å². The highest BCUT2D eigenvalue weighted by atomic mass is 32.1. The molecule has 0 aliphatic carbocycles. The quantitative estimate of drug-likeness (QED) is 0.377. The number of nitrogens with one attached hydrogen (secondary N) is 1. The van der Waals surface area contributed by atoms with Crippen molar-refractivity contribution in [3.63, 3.8) is 0 Å². The fraction of sp³-hybridized carbons (Fsp3) is 0.200. The Morgan fingerprint density at radius 1 is 1.29 bits per heavy atom. The first-order chi connectivity index (χ1) is 9.98. The molecule has 0 fully saturated rings. The molecule has 6 heteroatoms. The van der Waals surface area contributed by atoms with E-state index in [-0.39, 0.29) is 11.5 Å². The second-order valence-corrected chi connectivity index (χ2v) is 4.68. The van der Waals surface area contributed by atoms with Crippen LogP contribution in [0, 0.1) is 11.3 Å². The maximum Gasteiger partial charge on any atom is 0.123 e. The van der Waals surface area contributed by atoms with Crippen LogP contribution in [0.15, 0.2) is 35.7 Å². The average Bonchev–Trinajstić information content (AvgIpc) is 2.45. The zero-order chi connectivity index (χ0) is 15.8. The summed E-state index contributed by atoms with van der Waals surface area (Å²) in [7, 11) is 3.09. The zero-order valence-electron chi connectivity index (χ0n) is 12.0. The first-order valence-electron chi connectivity index (χ1n) is 6.01. The van der Waals surface area contributed by atoms with Crippen LogP contribution in [-0.4, -0.2) is 24.3 Å². The minimum Gasteiger partial charge on any atom is -0.508 e. The molecule has 1 rings (SSSR count).